The molecular formula is C18H36. The lowest BCUT2D eigenvalue weighted by Gasteiger charge is -2.18. The van der Waals surface area contributed by atoms with E-state index in [1.165, 1.54) is 89.9 Å². The average molecular weight is 252 g/mol. The second-order valence-electron chi connectivity index (χ2n) is 6.72. The molecule has 0 N–H and O–H groups in total. The van der Waals surface area contributed by atoms with Crippen molar-refractivity contribution in [2.45, 2.75) is 104 Å². The van der Waals surface area contributed by atoms with Crippen LogP contribution in [0, 0.1) is 11.8 Å². The maximum Gasteiger partial charge on any atom is -0.0417 e. The lowest BCUT2D eigenvalue weighted by Crippen LogP contribution is -2.03. The molecule has 0 saturated heterocycles. The standard InChI is InChI=1S/C13H26.C5H10/c1-3-13-10-6-4-8-12(2)9-5-7-11-13;1-2-4-5-3-1/h12-13H,3-11H2,1-2H3;1-5H2. The molecule has 2 rings (SSSR count). The van der Waals surface area contributed by atoms with Gasteiger partial charge in [0.1, 0.15) is 0 Å². The van der Waals surface area contributed by atoms with Gasteiger partial charge in [0, 0.05) is 0 Å². The van der Waals surface area contributed by atoms with Crippen molar-refractivity contribution in [1.29, 1.82) is 0 Å². The Hall–Kier alpha value is 0. The first-order valence-corrected chi connectivity index (χ1v) is 8.83. The van der Waals surface area contributed by atoms with Crippen LogP contribution in [0.4, 0.5) is 0 Å². The second-order valence-corrected chi connectivity index (χ2v) is 6.72. The van der Waals surface area contributed by atoms with Crippen LogP contribution < -0.4 is 0 Å². The van der Waals surface area contributed by atoms with E-state index in [2.05, 4.69) is 13.8 Å². The van der Waals surface area contributed by atoms with Crippen molar-refractivity contribution in [3.63, 3.8) is 0 Å². The van der Waals surface area contributed by atoms with Gasteiger partial charge in [-0.3, -0.25) is 0 Å². The monoisotopic (exact) mass is 252 g/mol. The summed E-state index contributed by atoms with van der Waals surface area (Å²) in [6.07, 6.45) is 20.8. The molecule has 0 unspecified atom stereocenters. The first-order chi connectivity index (χ1) is 8.83. The molecule has 0 heterocycles. The molecule has 0 nitrogen and oxygen atoms in total. The molecule has 108 valence electrons. The van der Waals surface area contributed by atoms with Crippen LogP contribution in [0.15, 0.2) is 0 Å². The third-order valence-electron chi connectivity index (χ3n) is 4.95. The van der Waals surface area contributed by atoms with Crippen molar-refractivity contribution in [3.8, 4) is 0 Å². The smallest absolute Gasteiger partial charge is 0.0417 e. The summed E-state index contributed by atoms with van der Waals surface area (Å²) < 4.78 is 0. The van der Waals surface area contributed by atoms with E-state index in [1.807, 2.05) is 0 Å². The fraction of sp³-hybridized carbons (Fsp3) is 1.00. The van der Waals surface area contributed by atoms with E-state index in [-0.39, 0.29) is 0 Å². The molecule has 0 radical (unpaired) electrons. The van der Waals surface area contributed by atoms with Crippen molar-refractivity contribution in [2.75, 3.05) is 0 Å². The highest BCUT2D eigenvalue weighted by Gasteiger charge is 2.10. The van der Waals surface area contributed by atoms with E-state index in [0.29, 0.717) is 0 Å². The molecule has 2 aliphatic carbocycles. The Bertz CT molecular complexity index is 149. The Kier molecular flexibility index (Phi) is 9.70. The molecule has 0 aromatic heterocycles. The zero-order valence-electron chi connectivity index (χ0n) is 13.1. The van der Waals surface area contributed by atoms with Gasteiger partial charge in [0.05, 0.1) is 0 Å². The Morgan fingerprint density at radius 1 is 0.611 bits per heavy atom. The van der Waals surface area contributed by atoms with Crippen LogP contribution in [0.3, 0.4) is 0 Å². The van der Waals surface area contributed by atoms with Crippen molar-refractivity contribution < 1.29 is 0 Å². The zero-order chi connectivity index (χ0) is 13.1. The first-order valence-electron chi connectivity index (χ1n) is 8.83. The van der Waals surface area contributed by atoms with Crippen LogP contribution in [-0.4, -0.2) is 0 Å². The van der Waals surface area contributed by atoms with Crippen LogP contribution >= 0.6 is 0 Å². The van der Waals surface area contributed by atoms with Crippen molar-refractivity contribution in [2.24, 2.45) is 11.8 Å². The maximum absolute atomic E-state index is 2.43. The number of rotatable bonds is 1. The second kappa shape index (κ2) is 10.9. The van der Waals surface area contributed by atoms with E-state index in [9.17, 15) is 0 Å². The minimum absolute atomic E-state index is 0.998. The minimum atomic E-state index is 0.998. The Labute approximate surface area is 116 Å². The molecule has 0 amide bonds. The van der Waals surface area contributed by atoms with Crippen LogP contribution in [0.25, 0.3) is 0 Å². The van der Waals surface area contributed by atoms with E-state index >= 15 is 0 Å². The molecule has 0 spiro atoms. The number of hydrogen-bond donors (Lipinski definition) is 0. The highest BCUT2D eigenvalue weighted by Crippen LogP contribution is 2.25. The van der Waals surface area contributed by atoms with Crippen LogP contribution in [-0.2, 0) is 0 Å². The first kappa shape index (κ1) is 16.1. The lowest BCUT2D eigenvalue weighted by molar-refractivity contribution is 0.348. The summed E-state index contributed by atoms with van der Waals surface area (Å²) in [5.41, 5.74) is 0. The molecule has 2 aliphatic rings. The molecule has 0 aliphatic heterocycles. The maximum atomic E-state index is 2.43. The molecule has 0 aromatic carbocycles. The summed E-state index contributed by atoms with van der Waals surface area (Å²) in [6, 6.07) is 0. The summed E-state index contributed by atoms with van der Waals surface area (Å²) in [7, 11) is 0. The SMILES string of the molecule is C1CCCC1.CCC1CCCCC(C)CCCC1. The Morgan fingerprint density at radius 2 is 1.00 bits per heavy atom. The van der Waals surface area contributed by atoms with Gasteiger partial charge in [-0.05, 0) is 11.8 Å². The summed E-state index contributed by atoms with van der Waals surface area (Å²) >= 11 is 0. The molecule has 0 heteroatoms. The van der Waals surface area contributed by atoms with E-state index in [4.69, 9.17) is 0 Å². The minimum Gasteiger partial charge on any atom is -0.0651 e. The summed E-state index contributed by atoms with van der Waals surface area (Å²) in [4.78, 5) is 0. The molecule has 0 atom stereocenters. The summed E-state index contributed by atoms with van der Waals surface area (Å²) in [5, 5.41) is 0. The van der Waals surface area contributed by atoms with Crippen LogP contribution in [0.5, 0.6) is 0 Å². The number of hydrogen-bond acceptors (Lipinski definition) is 0. The Morgan fingerprint density at radius 3 is 1.39 bits per heavy atom. The van der Waals surface area contributed by atoms with Gasteiger partial charge in [-0.15, -0.1) is 0 Å². The third-order valence-corrected chi connectivity index (χ3v) is 4.95. The summed E-state index contributed by atoms with van der Waals surface area (Å²) in [5.74, 6) is 2.05. The third kappa shape index (κ3) is 8.16. The van der Waals surface area contributed by atoms with Gasteiger partial charge in [-0.2, -0.15) is 0 Å². The Balaban J connectivity index is 0.000000269. The molecular weight excluding hydrogens is 216 g/mol. The van der Waals surface area contributed by atoms with Crippen LogP contribution in [0.2, 0.25) is 0 Å². The van der Waals surface area contributed by atoms with E-state index < -0.39 is 0 Å². The lowest BCUT2D eigenvalue weighted by atomic mass is 9.88. The predicted octanol–water partition coefficient (Wildman–Crippen LogP) is 6.73. The summed E-state index contributed by atoms with van der Waals surface area (Å²) in [6.45, 7) is 4.79. The van der Waals surface area contributed by atoms with Crippen molar-refractivity contribution in [3.05, 3.63) is 0 Å². The van der Waals surface area contributed by atoms with Crippen molar-refractivity contribution >= 4 is 0 Å². The molecule has 18 heavy (non-hydrogen) atoms. The van der Waals surface area contributed by atoms with Gasteiger partial charge < -0.3 is 0 Å². The van der Waals surface area contributed by atoms with E-state index in [1.54, 1.807) is 0 Å². The molecule has 0 bridgehead atoms. The molecule has 0 aromatic rings. The van der Waals surface area contributed by atoms with E-state index in [0.717, 1.165) is 11.8 Å². The fourth-order valence-corrected chi connectivity index (χ4v) is 3.43. The van der Waals surface area contributed by atoms with Gasteiger partial charge in [0.25, 0.3) is 0 Å². The van der Waals surface area contributed by atoms with Gasteiger partial charge in [-0.25, -0.2) is 0 Å². The van der Waals surface area contributed by atoms with Gasteiger partial charge >= 0.3 is 0 Å². The highest BCUT2D eigenvalue weighted by atomic mass is 14.2. The van der Waals surface area contributed by atoms with Gasteiger partial charge in [0.15, 0.2) is 0 Å². The average Bonchev–Trinajstić information content (AvgIpc) is 2.96. The fourth-order valence-electron chi connectivity index (χ4n) is 3.43. The zero-order valence-corrected chi connectivity index (χ0v) is 13.1. The topological polar surface area (TPSA) is 0 Å². The normalized spacial score (nSPS) is 30.3. The molecule has 2 fully saturated rings. The highest BCUT2D eigenvalue weighted by molar-refractivity contribution is 4.63. The van der Waals surface area contributed by atoms with Gasteiger partial charge in [0.2, 0.25) is 0 Å². The largest absolute Gasteiger partial charge is 0.0651 e. The van der Waals surface area contributed by atoms with Crippen LogP contribution in [0.1, 0.15) is 104 Å². The predicted molar refractivity (Wildman–Crippen MR) is 83.0 cm³/mol. The van der Waals surface area contributed by atoms with Gasteiger partial charge in [-0.1, -0.05) is 104 Å². The quantitative estimate of drug-likeness (QED) is 0.485. The molecule has 2 saturated carbocycles. The van der Waals surface area contributed by atoms with Crippen molar-refractivity contribution in [1.82, 2.24) is 0 Å².